The Hall–Kier alpha value is -2.85. The average molecular weight is 334 g/mol. The lowest BCUT2D eigenvalue weighted by Gasteiger charge is -2.08. The zero-order valence-corrected chi connectivity index (χ0v) is 13.5. The average Bonchev–Trinajstić information content (AvgIpc) is 2.63. The van der Waals surface area contributed by atoms with E-state index in [9.17, 15) is 9.59 Å². The smallest absolute Gasteiger partial charge is 0.335 e. The molecule has 0 atom stereocenters. The number of benzene rings is 3. The monoisotopic (exact) mass is 334 g/mol. The van der Waals surface area contributed by atoms with Gasteiger partial charge < -0.3 is 5.11 Å². The normalized spacial score (nSPS) is 10.3. The van der Waals surface area contributed by atoms with Gasteiger partial charge in [-0.25, -0.2) is 4.79 Å². The summed E-state index contributed by atoms with van der Waals surface area (Å²) in [5.74, 6) is -0.980. The van der Waals surface area contributed by atoms with Crippen molar-refractivity contribution < 1.29 is 14.7 Å². The first-order valence-corrected chi connectivity index (χ1v) is 8.17. The number of carboxylic acids is 1. The molecule has 3 aromatic carbocycles. The second-order valence-corrected chi connectivity index (χ2v) is 6.24. The van der Waals surface area contributed by atoms with E-state index in [0.717, 1.165) is 9.79 Å². The van der Waals surface area contributed by atoms with Crippen LogP contribution in [0.3, 0.4) is 0 Å². The van der Waals surface area contributed by atoms with Crippen LogP contribution in [0.15, 0.2) is 88.7 Å². The van der Waals surface area contributed by atoms with Gasteiger partial charge in [-0.1, -0.05) is 54.2 Å². The number of ketones is 1. The predicted molar refractivity (Wildman–Crippen MR) is 93.8 cm³/mol. The van der Waals surface area contributed by atoms with E-state index in [-0.39, 0.29) is 11.3 Å². The largest absolute Gasteiger partial charge is 0.478 e. The van der Waals surface area contributed by atoms with Crippen molar-refractivity contribution in [3.8, 4) is 0 Å². The highest BCUT2D eigenvalue weighted by Gasteiger charge is 2.14. The molecule has 3 nitrogen and oxygen atoms in total. The molecule has 4 heteroatoms. The lowest BCUT2D eigenvalue weighted by atomic mass is 10.0. The minimum atomic E-state index is -0.953. The van der Waals surface area contributed by atoms with Gasteiger partial charge in [-0.2, -0.15) is 0 Å². The first kappa shape index (κ1) is 16.0. The molecule has 0 fully saturated rings. The van der Waals surface area contributed by atoms with E-state index in [2.05, 4.69) is 0 Å². The fraction of sp³-hybridized carbons (Fsp3) is 0. The van der Waals surface area contributed by atoms with E-state index in [1.807, 2.05) is 42.5 Å². The molecule has 0 heterocycles. The second kappa shape index (κ2) is 7.15. The van der Waals surface area contributed by atoms with Gasteiger partial charge in [-0.15, -0.1) is 0 Å². The van der Waals surface area contributed by atoms with Gasteiger partial charge in [0, 0.05) is 20.9 Å². The summed E-state index contributed by atoms with van der Waals surface area (Å²) in [6.45, 7) is 0. The lowest BCUT2D eigenvalue weighted by molar-refractivity contribution is 0.0696. The molecule has 0 saturated carbocycles. The van der Waals surface area contributed by atoms with Crippen LogP contribution in [-0.2, 0) is 0 Å². The number of hydrogen-bond acceptors (Lipinski definition) is 3. The molecule has 3 rings (SSSR count). The van der Waals surface area contributed by atoms with Crippen LogP contribution >= 0.6 is 11.8 Å². The Kier molecular flexibility index (Phi) is 4.77. The third kappa shape index (κ3) is 3.55. The van der Waals surface area contributed by atoms with E-state index < -0.39 is 5.97 Å². The van der Waals surface area contributed by atoms with Crippen LogP contribution in [0.25, 0.3) is 0 Å². The second-order valence-electron chi connectivity index (χ2n) is 5.12. The Morgan fingerprint density at radius 3 is 2.00 bits per heavy atom. The van der Waals surface area contributed by atoms with Crippen LogP contribution in [-0.4, -0.2) is 16.9 Å². The van der Waals surface area contributed by atoms with Crippen molar-refractivity contribution in [1.82, 2.24) is 0 Å². The number of carbonyl (C=O) groups excluding carboxylic acids is 1. The topological polar surface area (TPSA) is 54.4 Å². The number of aromatic carboxylic acids is 1. The predicted octanol–water partition coefficient (Wildman–Crippen LogP) is 4.77. The van der Waals surface area contributed by atoms with Gasteiger partial charge in [-0.3, -0.25) is 4.79 Å². The molecule has 0 aliphatic carbocycles. The standard InChI is InChI=1S/C20H14O3S/c21-19(14-6-2-1-3-7-14)17-8-4-5-9-18(17)24-16-12-10-15(11-13-16)20(22)23/h1-13H,(H,22,23). The van der Waals surface area contributed by atoms with Crippen LogP contribution < -0.4 is 0 Å². The summed E-state index contributed by atoms with van der Waals surface area (Å²) in [6.07, 6.45) is 0. The molecular formula is C20H14O3S. The van der Waals surface area contributed by atoms with Crippen molar-refractivity contribution in [2.75, 3.05) is 0 Å². The Morgan fingerprint density at radius 1 is 0.708 bits per heavy atom. The summed E-state index contributed by atoms with van der Waals surface area (Å²) in [5, 5.41) is 8.96. The summed E-state index contributed by atoms with van der Waals surface area (Å²) in [4.78, 5) is 25.4. The highest BCUT2D eigenvalue weighted by molar-refractivity contribution is 7.99. The van der Waals surface area contributed by atoms with Crippen molar-refractivity contribution in [1.29, 1.82) is 0 Å². The van der Waals surface area contributed by atoms with Crippen LogP contribution in [0.1, 0.15) is 26.3 Å². The van der Waals surface area contributed by atoms with E-state index in [0.29, 0.717) is 11.1 Å². The molecule has 24 heavy (non-hydrogen) atoms. The fourth-order valence-electron chi connectivity index (χ4n) is 2.28. The van der Waals surface area contributed by atoms with Gasteiger partial charge >= 0.3 is 5.97 Å². The fourth-order valence-corrected chi connectivity index (χ4v) is 3.22. The van der Waals surface area contributed by atoms with E-state index in [1.165, 1.54) is 11.8 Å². The van der Waals surface area contributed by atoms with Crippen molar-refractivity contribution in [2.45, 2.75) is 9.79 Å². The van der Waals surface area contributed by atoms with Crippen molar-refractivity contribution >= 4 is 23.5 Å². The minimum Gasteiger partial charge on any atom is -0.478 e. The highest BCUT2D eigenvalue weighted by Crippen LogP contribution is 2.31. The molecule has 0 aliphatic rings. The first-order valence-electron chi connectivity index (χ1n) is 7.35. The third-order valence-corrected chi connectivity index (χ3v) is 4.58. The van der Waals surface area contributed by atoms with Gasteiger partial charge in [0.15, 0.2) is 5.78 Å². The van der Waals surface area contributed by atoms with Crippen molar-refractivity contribution in [3.05, 3.63) is 95.6 Å². The quantitative estimate of drug-likeness (QED) is 0.683. The number of hydrogen-bond donors (Lipinski definition) is 1. The number of carboxylic acid groups (broad SMARTS) is 1. The molecular weight excluding hydrogens is 320 g/mol. The molecule has 0 saturated heterocycles. The Bertz CT molecular complexity index is 871. The molecule has 1 N–H and O–H groups in total. The zero-order valence-electron chi connectivity index (χ0n) is 12.7. The molecule has 0 aromatic heterocycles. The van der Waals surface area contributed by atoms with E-state index in [1.54, 1.807) is 36.4 Å². The van der Waals surface area contributed by atoms with Crippen molar-refractivity contribution in [3.63, 3.8) is 0 Å². The van der Waals surface area contributed by atoms with Gasteiger partial charge in [0.25, 0.3) is 0 Å². The maximum atomic E-state index is 12.7. The summed E-state index contributed by atoms with van der Waals surface area (Å²) in [5.41, 5.74) is 1.52. The van der Waals surface area contributed by atoms with Crippen molar-refractivity contribution in [2.24, 2.45) is 0 Å². The molecule has 118 valence electrons. The van der Waals surface area contributed by atoms with E-state index in [4.69, 9.17) is 5.11 Å². The summed E-state index contributed by atoms with van der Waals surface area (Å²) in [7, 11) is 0. The number of carbonyl (C=O) groups is 2. The molecule has 3 aromatic rings. The lowest BCUT2D eigenvalue weighted by Crippen LogP contribution is -2.02. The van der Waals surface area contributed by atoms with E-state index >= 15 is 0 Å². The number of rotatable bonds is 5. The van der Waals surface area contributed by atoms with Crippen LogP contribution in [0.2, 0.25) is 0 Å². The third-order valence-electron chi connectivity index (χ3n) is 3.50. The minimum absolute atomic E-state index is 0.0270. The van der Waals surface area contributed by atoms with Gasteiger partial charge in [-0.05, 0) is 36.4 Å². The molecule has 0 unspecified atom stereocenters. The molecule has 0 spiro atoms. The molecule has 0 amide bonds. The first-order chi connectivity index (χ1) is 11.6. The maximum Gasteiger partial charge on any atom is 0.335 e. The summed E-state index contributed by atoms with van der Waals surface area (Å²) < 4.78 is 0. The molecule has 0 bridgehead atoms. The van der Waals surface area contributed by atoms with Crippen LogP contribution in [0, 0.1) is 0 Å². The summed E-state index contributed by atoms with van der Waals surface area (Å²) >= 11 is 1.44. The Labute approximate surface area is 144 Å². The SMILES string of the molecule is O=C(O)c1ccc(Sc2ccccc2C(=O)c2ccccc2)cc1. The van der Waals surface area contributed by atoms with Crippen LogP contribution in [0.5, 0.6) is 0 Å². The highest BCUT2D eigenvalue weighted by atomic mass is 32.2. The Morgan fingerprint density at radius 2 is 1.33 bits per heavy atom. The van der Waals surface area contributed by atoms with Gasteiger partial charge in [0.1, 0.15) is 0 Å². The van der Waals surface area contributed by atoms with Gasteiger partial charge in [0.2, 0.25) is 0 Å². The molecule has 0 aliphatic heterocycles. The summed E-state index contributed by atoms with van der Waals surface area (Å²) in [6, 6.07) is 23.2. The Balaban J connectivity index is 1.89. The zero-order chi connectivity index (χ0) is 16.9. The maximum absolute atomic E-state index is 12.7. The van der Waals surface area contributed by atoms with Crippen LogP contribution in [0.4, 0.5) is 0 Å². The molecule has 0 radical (unpaired) electrons. The van der Waals surface area contributed by atoms with Gasteiger partial charge in [0.05, 0.1) is 5.56 Å².